The maximum absolute atomic E-state index is 13.9. The number of alkyl halides is 2. The van der Waals surface area contributed by atoms with Gasteiger partial charge in [0.15, 0.2) is 5.54 Å². The Morgan fingerprint density at radius 3 is 2.60 bits per heavy atom. The van der Waals surface area contributed by atoms with Gasteiger partial charge in [-0.15, -0.1) is 0 Å². The van der Waals surface area contributed by atoms with Crippen LogP contribution in [0, 0.1) is 5.82 Å². The summed E-state index contributed by atoms with van der Waals surface area (Å²) >= 11 is 0. The molecule has 0 heterocycles. The van der Waals surface area contributed by atoms with Crippen LogP contribution in [0.1, 0.15) is 30.4 Å². The van der Waals surface area contributed by atoms with Crippen LogP contribution < -0.4 is 15.0 Å². The standard InChI is InChI=1S/C22H21F3N2O3/c1-30-19-7-3-6-18-17(19)8-9-22(18,20(29)26-15-11-21(24,25)12-15)27(13-28)16-5-2-4-14(23)10-16/h2-7,10,13,15H,8-9,11-12H2,1H3,(H,26,29). The summed E-state index contributed by atoms with van der Waals surface area (Å²) in [5.41, 5.74) is 0.0125. The normalized spacial score (nSPS) is 22.0. The number of halogens is 3. The third kappa shape index (κ3) is 3.20. The number of benzene rings is 2. The lowest BCUT2D eigenvalue weighted by atomic mass is 9.84. The van der Waals surface area contributed by atoms with Crippen molar-refractivity contribution in [2.24, 2.45) is 0 Å². The molecule has 4 rings (SSSR count). The average molecular weight is 418 g/mol. The van der Waals surface area contributed by atoms with Crippen molar-refractivity contribution in [3.8, 4) is 5.75 Å². The molecule has 0 bridgehead atoms. The molecule has 1 N–H and O–H groups in total. The van der Waals surface area contributed by atoms with Gasteiger partial charge in [0.2, 0.25) is 6.41 Å². The zero-order valence-electron chi connectivity index (χ0n) is 16.3. The number of carbonyl (C=O) groups is 2. The van der Waals surface area contributed by atoms with E-state index in [0.29, 0.717) is 24.1 Å². The maximum Gasteiger partial charge on any atom is 0.252 e. The molecule has 2 amide bonds. The number of nitrogens with one attached hydrogen (secondary N) is 1. The summed E-state index contributed by atoms with van der Waals surface area (Å²) in [4.78, 5) is 26.9. The van der Waals surface area contributed by atoms with Crippen molar-refractivity contribution < 1.29 is 27.5 Å². The first-order valence-electron chi connectivity index (χ1n) is 9.66. The molecule has 2 aliphatic rings. The SMILES string of the molecule is COc1cccc2c1CCC2(C(=O)NC1CC(F)(F)C1)N(C=O)c1cccc(F)c1. The lowest BCUT2D eigenvalue weighted by Crippen LogP contribution is -2.60. The van der Waals surface area contributed by atoms with E-state index in [2.05, 4.69) is 5.32 Å². The van der Waals surface area contributed by atoms with Crippen LogP contribution in [0.25, 0.3) is 0 Å². The number of rotatable bonds is 6. The highest BCUT2D eigenvalue weighted by Crippen LogP contribution is 2.47. The van der Waals surface area contributed by atoms with E-state index in [-0.39, 0.29) is 12.1 Å². The van der Waals surface area contributed by atoms with Gasteiger partial charge in [-0.25, -0.2) is 13.2 Å². The van der Waals surface area contributed by atoms with Crippen molar-refractivity contribution in [1.82, 2.24) is 5.32 Å². The number of amides is 2. The fourth-order valence-corrected chi connectivity index (χ4v) is 4.50. The number of hydrogen-bond donors (Lipinski definition) is 1. The van der Waals surface area contributed by atoms with Crippen LogP contribution in [0.3, 0.4) is 0 Å². The number of anilines is 1. The molecule has 0 aliphatic heterocycles. The molecule has 1 fully saturated rings. The molecule has 30 heavy (non-hydrogen) atoms. The molecular weight excluding hydrogens is 397 g/mol. The van der Waals surface area contributed by atoms with Crippen LogP contribution >= 0.6 is 0 Å². The fourth-order valence-electron chi connectivity index (χ4n) is 4.50. The molecule has 1 saturated carbocycles. The highest BCUT2D eigenvalue weighted by molar-refractivity contribution is 5.99. The summed E-state index contributed by atoms with van der Waals surface area (Å²) in [5, 5.41) is 2.68. The Hall–Kier alpha value is -3.03. The van der Waals surface area contributed by atoms with Crippen LogP contribution in [-0.4, -0.2) is 31.4 Å². The monoisotopic (exact) mass is 418 g/mol. The average Bonchev–Trinajstić information content (AvgIpc) is 3.08. The van der Waals surface area contributed by atoms with E-state index in [1.807, 2.05) is 0 Å². The molecule has 1 unspecified atom stereocenters. The minimum Gasteiger partial charge on any atom is -0.496 e. The van der Waals surface area contributed by atoms with Crippen molar-refractivity contribution in [3.63, 3.8) is 0 Å². The van der Waals surface area contributed by atoms with E-state index < -0.39 is 42.1 Å². The zero-order chi connectivity index (χ0) is 21.5. The van der Waals surface area contributed by atoms with Crippen molar-refractivity contribution in [3.05, 3.63) is 59.4 Å². The maximum atomic E-state index is 13.9. The second-order valence-electron chi connectivity index (χ2n) is 7.74. The van der Waals surface area contributed by atoms with E-state index in [1.165, 1.54) is 36.3 Å². The number of hydrogen-bond acceptors (Lipinski definition) is 3. The van der Waals surface area contributed by atoms with Crippen LogP contribution in [-0.2, 0) is 21.5 Å². The Morgan fingerprint density at radius 2 is 1.97 bits per heavy atom. The predicted octanol–water partition coefficient (Wildman–Crippen LogP) is 3.55. The topological polar surface area (TPSA) is 58.6 Å². The van der Waals surface area contributed by atoms with Gasteiger partial charge in [0, 0.05) is 30.1 Å². The van der Waals surface area contributed by atoms with Gasteiger partial charge < -0.3 is 10.1 Å². The van der Waals surface area contributed by atoms with Crippen LogP contribution in [0.2, 0.25) is 0 Å². The highest BCUT2D eigenvalue weighted by atomic mass is 19.3. The molecule has 5 nitrogen and oxygen atoms in total. The van der Waals surface area contributed by atoms with Gasteiger partial charge in [0.05, 0.1) is 7.11 Å². The molecule has 8 heteroatoms. The van der Waals surface area contributed by atoms with Gasteiger partial charge in [-0.1, -0.05) is 18.2 Å². The van der Waals surface area contributed by atoms with Gasteiger partial charge in [-0.3, -0.25) is 14.5 Å². The molecule has 0 aromatic heterocycles. The zero-order valence-corrected chi connectivity index (χ0v) is 16.3. The highest BCUT2D eigenvalue weighted by Gasteiger charge is 2.54. The Kier molecular flexibility index (Phi) is 4.95. The number of carbonyl (C=O) groups excluding carboxylic acids is 2. The molecular formula is C22H21F3N2O3. The molecule has 2 aliphatic carbocycles. The number of methoxy groups -OCH3 is 1. The van der Waals surface area contributed by atoms with Crippen molar-refractivity contribution in [2.75, 3.05) is 12.0 Å². The minimum atomic E-state index is -2.80. The Balaban J connectivity index is 1.81. The van der Waals surface area contributed by atoms with Crippen LogP contribution in [0.5, 0.6) is 5.75 Å². The summed E-state index contributed by atoms with van der Waals surface area (Å²) in [5.74, 6) is -3.35. The number of ether oxygens (including phenoxy) is 1. The summed E-state index contributed by atoms with van der Waals surface area (Å²) in [7, 11) is 1.51. The third-order valence-corrected chi connectivity index (χ3v) is 5.94. The summed E-state index contributed by atoms with van der Waals surface area (Å²) in [6.45, 7) is 0. The fraction of sp³-hybridized carbons (Fsp3) is 0.364. The first kappa shape index (κ1) is 20.3. The van der Waals surface area contributed by atoms with Crippen molar-refractivity contribution in [2.45, 2.75) is 43.2 Å². The van der Waals surface area contributed by atoms with Gasteiger partial charge in [0.1, 0.15) is 11.6 Å². The Bertz CT molecular complexity index is 989. The summed E-state index contributed by atoms with van der Waals surface area (Å²) in [6.07, 6.45) is 0.250. The van der Waals surface area contributed by atoms with Crippen molar-refractivity contribution in [1.29, 1.82) is 0 Å². The number of nitrogens with zero attached hydrogens (tertiary/aromatic N) is 1. The van der Waals surface area contributed by atoms with Gasteiger partial charge in [0.25, 0.3) is 11.8 Å². The van der Waals surface area contributed by atoms with Gasteiger partial charge >= 0.3 is 0 Å². The summed E-state index contributed by atoms with van der Waals surface area (Å²) in [6, 6.07) is 9.88. The van der Waals surface area contributed by atoms with E-state index in [4.69, 9.17) is 4.74 Å². The number of fused-ring (bicyclic) bond motifs is 1. The lowest BCUT2D eigenvalue weighted by Gasteiger charge is -2.42. The predicted molar refractivity (Wildman–Crippen MR) is 104 cm³/mol. The minimum absolute atomic E-state index is 0.203. The lowest BCUT2D eigenvalue weighted by molar-refractivity contribution is -0.135. The molecule has 158 valence electrons. The second-order valence-corrected chi connectivity index (χ2v) is 7.74. The Morgan fingerprint density at radius 1 is 1.23 bits per heavy atom. The first-order chi connectivity index (χ1) is 14.3. The van der Waals surface area contributed by atoms with Gasteiger partial charge in [-0.05, 0) is 42.7 Å². The van der Waals surface area contributed by atoms with Crippen LogP contribution in [0.15, 0.2) is 42.5 Å². The molecule has 0 spiro atoms. The quantitative estimate of drug-likeness (QED) is 0.730. The van der Waals surface area contributed by atoms with E-state index >= 15 is 0 Å². The van der Waals surface area contributed by atoms with E-state index in [9.17, 15) is 22.8 Å². The first-order valence-corrected chi connectivity index (χ1v) is 9.66. The third-order valence-electron chi connectivity index (χ3n) is 5.94. The largest absolute Gasteiger partial charge is 0.496 e. The van der Waals surface area contributed by atoms with Crippen LogP contribution in [0.4, 0.5) is 18.9 Å². The van der Waals surface area contributed by atoms with Gasteiger partial charge in [-0.2, -0.15) is 0 Å². The molecule has 2 aromatic carbocycles. The second kappa shape index (κ2) is 7.34. The van der Waals surface area contributed by atoms with E-state index in [0.717, 1.165) is 5.56 Å². The molecule has 0 saturated heterocycles. The van der Waals surface area contributed by atoms with E-state index in [1.54, 1.807) is 18.2 Å². The Labute approximate surface area is 171 Å². The molecule has 0 radical (unpaired) electrons. The molecule has 2 aromatic rings. The summed E-state index contributed by atoms with van der Waals surface area (Å²) < 4.78 is 45.9. The smallest absolute Gasteiger partial charge is 0.252 e. The molecule has 1 atom stereocenters. The van der Waals surface area contributed by atoms with Crippen molar-refractivity contribution >= 4 is 18.0 Å².